The zero-order valence-corrected chi connectivity index (χ0v) is 56.4. The quantitative estimate of drug-likeness (QED) is 0.203. The zero-order chi connectivity index (χ0) is 68.6. The van der Waals surface area contributed by atoms with Gasteiger partial charge in [-0.2, -0.15) is 13.2 Å². The van der Waals surface area contributed by atoms with Crippen LogP contribution in [-0.2, 0) is 65.3 Å². The van der Waals surface area contributed by atoms with Crippen molar-refractivity contribution in [2.45, 2.75) is 207 Å². The van der Waals surface area contributed by atoms with E-state index in [2.05, 4.69) is 21.3 Å². The van der Waals surface area contributed by atoms with Crippen LogP contribution in [0.4, 0.5) is 17.6 Å². The van der Waals surface area contributed by atoms with Crippen molar-refractivity contribution in [2.24, 2.45) is 29.6 Å². The molecule has 1 aromatic carbocycles. The summed E-state index contributed by atoms with van der Waals surface area (Å²) in [5, 5.41) is 11.1. The van der Waals surface area contributed by atoms with Crippen LogP contribution in [0.15, 0.2) is 18.2 Å². The highest BCUT2D eigenvalue weighted by Gasteiger charge is 2.43. The zero-order valence-electron chi connectivity index (χ0n) is 56.4. The minimum Gasteiger partial charge on any atom is -0.351 e. The third-order valence-corrected chi connectivity index (χ3v) is 17.0. The van der Waals surface area contributed by atoms with E-state index in [0.29, 0.717) is 12.1 Å². The first-order chi connectivity index (χ1) is 41.6. The molecule has 0 spiro atoms. The van der Waals surface area contributed by atoms with Gasteiger partial charge >= 0.3 is 6.18 Å². The standard InChI is InChI=1S/C64H103F4N11O11/c1-37(2)28-47-57(85)71-55(40(7)8)61(89)75(14)35-53(82)73(12)36-54(83)77(16)50(33-42-22-20-19-21-23-42)60(88)74(13)34-51(80)70-46(27-25-43-24-26-44(45(65)32-43)64(66,67)68)59(87)78(17)49(30-39(5)6)58(86)72-63(10,11)62(90)79(18)48(29-38(3)4)56(84)69-41(9)31-52(81)76(47)15/h24,26,32,37-42,46-50,55H,19-23,25,27-31,33-36H2,1-18H3,(H,69,84)(H,70,80)(H,71,85)(H,72,86)/t41-,46+,47+,48+,49+,50+,55+/m1/s1. The van der Waals surface area contributed by atoms with E-state index in [1.807, 2.05) is 27.7 Å². The third-order valence-electron chi connectivity index (χ3n) is 17.0. The van der Waals surface area contributed by atoms with Crippen molar-refractivity contribution in [2.75, 3.05) is 69.0 Å². The number of rotatable bonds is 12. The number of carbonyl (C=O) groups is 11. The molecule has 1 aliphatic heterocycles. The lowest BCUT2D eigenvalue weighted by molar-refractivity contribution is -0.149. The highest BCUT2D eigenvalue weighted by atomic mass is 19.4. The number of carbonyl (C=O) groups excluding carboxylic acids is 11. The van der Waals surface area contributed by atoms with E-state index in [1.165, 1.54) is 77.9 Å². The number of alkyl halides is 3. The molecule has 1 saturated heterocycles. The molecule has 22 nitrogen and oxygen atoms in total. The Bertz CT molecular complexity index is 2700. The van der Waals surface area contributed by atoms with Gasteiger partial charge in [-0.3, -0.25) is 52.7 Å². The van der Waals surface area contributed by atoms with E-state index in [1.54, 1.807) is 34.6 Å². The molecular weight excluding hydrogens is 1170 g/mol. The van der Waals surface area contributed by atoms with Crippen molar-refractivity contribution < 1.29 is 70.3 Å². The number of benzene rings is 1. The molecule has 1 aromatic rings. The average molecular weight is 1280 g/mol. The molecule has 0 aromatic heterocycles. The van der Waals surface area contributed by atoms with E-state index in [4.69, 9.17) is 0 Å². The van der Waals surface area contributed by atoms with Gasteiger partial charge in [-0.25, -0.2) is 4.39 Å². The third kappa shape index (κ3) is 22.5. The predicted octanol–water partition coefficient (Wildman–Crippen LogP) is 5.00. The van der Waals surface area contributed by atoms with Gasteiger partial charge < -0.3 is 55.6 Å². The Labute approximate surface area is 530 Å². The molecule has 11 amide bonds. The molecule has 4 N–H and O–H groups in total. The van der Waals surface area contributed by atoms with E-state index in [0.717, 1.165) is 57.8 Å². The Morgan fingerprint density at radius 2 is 1.07 bits per heavy atom. The summed E-state index contributed by atoms with van der Waals surface area (Å²) in [6.45, 7) is 17.1. The second-order valence-electron chi connectivity index (χ2n) is 27.1. The van der Waals surface area contributed by atoms with Crippen molar-refractivity contribution in [1.29, 1.82) is 0 Å². The van der Waals surface area contributed by atoms with Gasteiger partial charge in [0.2, 0.25) is 65.0 Å². The monoisotopic (exact) mass is 1280 g/mol. The maximum atomic E-state index is 14.9. The Morgan fingerprint density at radius 1 is 0.567 bits per heavy atom. The first-order valence-corrected chi connectivity index (χ1v) is 31.5. The van der Waals surface area contributed by atoms with Gasteiger partial charge in [-0.05, 0) is 107 Å². The molecule has 90 heavy (non-hydrogen) atoms. The normalized spacial score (nSPS) is 24.8. The molecule has 0 bridgehead atoms. The molecule has 1 aliphatic carbocycles. The first-order valence-electron chi connectivity index (χ1n) is 31.5. The summed E-state index contributed by atoms with van der Waals surface area (Å²) >= 11 is 0. The van der Waals surface area contributed by atoms with E-state index < -0.39 is 156 Å². The smallest absolute Gasteiger partial charge is 0.351 e. The lowest BCUT2D eigenvalue weighted by atomic mass is 9.84. The van der Waals surface area contributed by atoms with Crippen LogP contribution < -0.4 is 21.3 Å². The maximum absolute atomic E-state index is 14.9. The van der Waals surface area contributed by atoms with Gasteiger partial charge in [-0.1, -0.05) is 93.6 Å². The molecule has 1 saturated carbocycles. The number of nitrogens with one attached hydrogen (secondary N) is 4. The Morgan fingerprint density at radius 3 is 1.59 bits per heavy atom. The molecule has 0 unspecified atom stereocenters. The minimum atomic E-state index is -5.00. The number of halogens is 4. The van der Waals surface area contributed by atoms with Crippen LogP contribution in [0.25, 0.3) is 0 Å². The number of nitrogens with zero attached hydrogens (tertiary/aromatic N) is 7. The second kappa shape index (κ2) is 34.0. The number of hydrogen-bond acceptors (Lipinski definition) is 11. The van der Waals surface area contributed by atoms with Crippen molar-refractivity contribution in [1.82, 2.24) is 55.6 Å². The Balaban J connectivity index is 2.21. The van der Waals surface area contributed by atoms with Crippen LogP contribution in [-0.4, -0.2) is 216 Å². The van der Waals surface area contributed by atoms with Crippen molar-refractivity contribution in [3.05, 3.63) is 35.1 Å². The van der Waals surface area contributed by atoms with E-state index in [9.17, 15) is 70.3 Å². The summed E-state index contributed by atoms with van der Waals surface area (Å²) in [5.74, 6) is -10.2. The molecule has 2 aliphatic rings. The topological polar surface area (TPSA) is 259 Å². The van der Waals surface area contributed by atoms with E-state index >= 15 is 0 Å². The summed E-state index contributed by atoms with van der Waals surface area (Å²) in [7, 11) is 9.63. The van der Waals surface area contributed by atoms with E-state index in [-0.39, 0.29) is 74.2 Å². The van der Waals surface area contributed by atoms with Crippen LogP contribution in [0.2, 0.25) is 0 Å². The molecule has 7 atom stereocenters. The fourth-order valence-electron chi connectivity index (χ4n) is 11.5. The molecular formula is C64H103F4N11O11. The largest absolute Gasteiger partial charge is 0.419 e. The first kappa shape index (κ1) is 77.4. The Kier molecular flexibility index (Phi) is 29.2. The van der Waals surface area contributed by atoms with Crippen LogP contribution in [0.1, 0.15) is 158 Å². The molecule has 2 fully saturated rings. The van der Waals surface area contributed by atoms with Crippen molar-refractivity contribution in [3.63, 3.8) is 0 Å². The molecule has 508 valence electrons. The molecule has 3 rings (SSSR count). The van der Waals surface area contributed by atoms with Crippen LogP contribution in [0, 0.1) is 35.4 Å². The summed E-state index contributed by atoms with van der Waals surface area (Å²) in [4.78, 5) is 166. The fraction of sp³-hybridized carbons (Fsp3) is 0.734. The van der Waals surface area contributed by atoms with Crippen molar-refractivity contribution in [3.8, 4) is 0 Å². The lowest BCUT2D eigenvalue weighted by Crippen LogP contribution is -2.63. The fourth-order valence-corrected chi connectivity index (χ4v) is 11.5. The maximum Gasteiger partial charge on any atom is 0.419 e. The van der Waals surface area contributed by atoms with Crippen LogP contribution in [0.5, 0.6) is 0 Å². The van der Waals surface area contributed by atoms with Gasteiger partial charge in [0.15, 0.2) is 0 Å². The Hall–Kier alpha value is -6.89. The van der Waals surface area contributed by atoms with Crippen LogP contribution >= 0.6 is 0 Å². The SMILES string of the molecule is CC(C)C[C@H]1C(=O)N[C@@H](C(C)C)C(=O)N(C)CC(=O)N(C)CC(=O)N(C)[C@@H](CC2CCCCC2)C(=O)N(C)CC(=O)N[C@@H](CCc2ccc(C(F)(F)F)c(F)c2)C(=O)N(C)[C@@H](CC(C)C)C(=O)NC(C)(C)C(=O)N(C)[C@@H](CC(C)C)C(=O)N[C@H](C)CC(=O)N1C. The predicted molar refractivity (Wildman–Crippen MR) is 332 cm³/mol. The van der Waals surface area contributed by atoms with Crippen molar-refractivity contribution >= 4 is 65.0 Å². The second-order valence-corrected chi connectivity index (χ2v) is 27.1. The van der Waals surface area contributed by atoms with Gasteiger partial charge in [0.1, 0.15) is 47.6 Å². The lowest BCUT2D eigenvalue weighted by Gasteiger charge is -2.38. The molecule has 26 heteroatoms. The van der Waals surface area contributed by atoms with Gasteiger partial charge in [0, 0.05) is 61.8 Å². The summed E-state index contributed by atoms with van der Waals surface area (Å²) < 4.78 is 55.7. The molecule has 0 radical (unpaired) electrons. The van der Waals surface area contributed by atoms with Gasteiger partial charge in [0.25, 0.3) is 0 Å². The highest BCUT2D eigenvalue weighted by Crippen LogP contribution is 2.33. The summed E-state index contributed by atoms with van der Waals surface area (Å²) in [6, 6.07) is -5.96. The number of likely N-dealkylation sites (N-methyl/N-ethyl adjacent to an activating group) is 7. The minimum absolute atomic E-state index is 0.00567. The summed E-state index contributed by atoms with van der Waals surface area (Å²) in [5.41, 5.74) is -3.22. The number of aryl methyl sites for hydroxylation is 1. The highest BCUT2D eigenvalue weighted by molar-refractivity contribution is 5.98. The molecule has 1 heterocycles. The average Bonchev–Trinajstić information content (AvgIpc) is 0.888. The summed E-state index contributed by atoms with van der Waals surface area (Å²) in [6.07, 6.45) is -1.05. The number of amides is 11. The van der Waals surface area contributed by atoms with Gasteiger partial charge in [0.05, 0.1) is 25.2 Å². The van der Waals surface area contributed by atoms with Crippen LogP contribution in [0.3, 0.4) is 0 Å². The van der Waals surface area contributed by atoms with Gasteiger partial charge in [-0.15, -0.1) is 0 Å². The number of hydrogen-bond donors (Lipinski definition) is 4.